The summed E-state index contributed by atoms with van der Waals surface area (Å²) in [6, 6.07) is 5.74. The zero-order valence-electron chi connectivity index (χ0n) is 27.1. The van der Waals surface area contributed by atoms with Gasteiger partial charge in [0, 0.05) is 29.4 Å². The third-order valence-corrected chi connectivity index (χ3v) is 12.2. The summed E-state index contributed by atoms with van der Waals surface area (Å²) in [7, 11) is 1.32. The number of carbonyl (C=O) groups excluding carboxylic acids is 4. The van der Waals surface area contributed by atoms with Crippen molar-refractivity contribution >= 4 is 40.7 Å². The lowest BCUT2D eigenvalue weighted by atomic mass is 9.44. The number of aliphatic hydroxyl groups is 1. The number of aliphatic hydroxyl groups excluding tert-OH is 1. The molecule has 1 heterocycles. The number of amides is 2. The van der Waals surface area contributed by atoms with Gasteiger partial charge in [-0.1, -0.05) is 25.5 Å². The maximum Gasteiger partial charge on any atom is 0.333 e. The number of esters is 1. The number of nitrogens with zero attached hydrogens (tertiary/aromatic N) is 2. The molecule has 48 heavy (non-hydrogen) atoms. The Morgan fingerprint density at radius 3 is 2.69 bits per heavy atom. The molecule has 0 spiro atoms. The average molecular weight is 687 g/mol. The Hall–Kier alpha value is -3.62. The summed E-state index contributed by atoms with van der Waals surface area (Å²) in [5.74, 6) is -2.98. The van der Waals surface area contributed by atoms with E-state index in [9.17, 15) is 28.7 Å². The monoisotopic (exact) mass is 686 g/mol. The Balaban J connectivity index is 1.33. The second-order valence-electron chi connectivity index (χ2n) is 13.8. The van der Waals surface area contributed by atoms with E-state index >= 15 is 4.39 Å². The Morgan fingerprint density at radius 2 is 1.98 bits per heavy atom. The number of aromatic nitrogens is 2. The Bertz CT molecular complexity index is 1700. The molecular formula is C34H40F2N4O7S. The van der Waals surface area contributed by atoms with Crippen LogP contribution in [-0.2, 0) is 30.3 Å². The zero-order valence-corrected chi connectivity index (χ0v) is 27.9. The SMILES string of the molecule is COCC(=O)O[C@]1(C(=O)SCF)CC[C@H]2[C@@H]3CCC4=Cc5c(cnn5-c5cccc(C(=O)NCC(N)=O)c5)C[C@]4(C)[C@@]3(F)[C@@H](O)C[C@@]21C. The summed E-state index contributed by atoms with van der Waals surface area (Å²) in [4.78, 5) is 50.0. The van der Waals surface area contributed by atoms with Crippen LogP contribution in [0.2, 0.25) is 0 Å². The molecule has 1 aromatic carbocycles. The van der Waals surface area contributed by atoms with Gasteiger partial charge in [-0.3, -0.25) is 14.4 Å². The first-order valence-electron chi connectivity index (χ1n) is 16.0. The number of methoxy groups -OCH3 is 1. The first-order chi connectivity index (χ1) is 22.8. The molecule has 0 saturated heterocycles. The number of ether oxygens (including phenoxy) is 2. The molecule has 7 atom stereocenters. The smallest absolute Gasteiger partial charge is 0.333 e. The number of nitrogens with one attached hydrogen (secondary N) is 1. The van der Waals surface area contributed by atoms with Crippen LogP contribution in [0.3, 0.4) is 0 Å². The van der Waals surface area contributed by atoms with Crippen molar-refractivity contribution in [2.24, 2.45) is 28.4 Å². The minimum Gasteiger partial charge on any atom is -0.448 e. The van der Waals surface area contributed by atoms with Gasteiger partial charge in [0.1, 0.15) is 18.3 Å². The lowest BCUT2D eigenvalue weighted by molar-refractivity contribution is -0.229. The van der Waals surface area contributed by atoms with Crippen LogP contribution in [-0.4, -0.2) is 81.4 Å². The number of rotatable bonds is 9. The average Bonchev–Trinajstić information content (AvgIpc) is 3.57. The fraction of sp³-hybridized carbons (Fsp3) is 0.559. The standard InChI is InChI=1S/C34H40F2N4O7S/c1-31-13-20-15-39-40(22-6-4-5-19(11-22)29(44)38-16-27(37)42)25(20)12-21(31)7-8-24-23-9-10-33(30(45)48-18-35,47-28(43)17-46-3)32(23,2)14-26(41)34(24,31)36/h4-6,11-12,15,23-24,26,41H,7-10,13-14,16-18H2,1-3H3,(H2,37,42)(H,38,44)/t23-,24-,26-,31-,32-,33-,34-/m0/s1. The van der Waals surface area contributed by atoms with Gasteiger partial charge in [-0.2, -0.15) is 5.10 Å². The second kappa shape index (κ2) is 12.4. The van der Waals surface area contributed by atoms with Crippen molar-refractivity contribution in [1.29, 1.82) is 0 Å². The predicted molar refractivity (Wildman–Crippen MR) is 172 cm³/mol. The van der Waals surface area contributed by atoms with E-state index in [1.807, 2.05) is 13.0 Å². The summed E-state index contributed by atoms with van der Waals surface area (Å²) in [5.41, 5.74) is 2.36. The lowest BCUT2D eigenvalue weighted by Crippen LogP contribution is -2.70. The van der Waals surface area contributed by atoms with Crippen molar-refractivity contribution in [3.05, 3.63) is 52.9 Å². The molecule has 11 nitrogen and oxygen atoms in total. The Labute approximate surface area is 281 Å². The van der Waals surface area contributed by atoms with Crippen LogP contribution in [0.15, 0.2) is 36.0 Å². The molecule has 0 aliphatic heterocycles. The summed E-state index contributed by atoms with van der Waals surface area (Å²) in [6.45, 7) is 2.91. The number of nitrogens with two attached hydrogens (primary N) is 1. The second-order valence-corrected chi connectivity index (χ2v) is 14.7. The normalized spacial score (nSPS) is 33.4. The van der Waals surface area contributed by atoms with Gasteiger partial charge < -0.3 is 25.6 Å². The Morgan fingerprint density at radius 1 is 1.21 bits per heavy atom. The number of allylic oxidation sites excluding steroid dienone is 1. The number of carbonyl (C=O) groups is 4. The van der Waals surface area contributed by atoms with Gasteiger partial charge in [-0.05, 0) is 86.0 Å². The highest BCUT2D eigenvalue weighted by molar-refractivity contribution is 8.13. The number of alkyl halides is 2. The van der Waals surface area contributed by atoms with Crippen molar-refractivity contribution in [2.45, 2.75) is 69.7 Å². The highest BCUT2D eigenvalue weighted by Gasteiger charge is 2.76. The van der Waals surface area contributed by atoms with Crippen LogP contribution in [0.25, 0.3) is 11.8 Å². The molecule has 4 aliphatic carbocycles. The van der Waals surface area contributed by atoms with Gasteiger partial charge in [0.2, 0.25) is 11.0 Å². The van der Waals surface area contributed by atoms with Crippen LogP contribution in [0.4, 0.5) is 8.78 Å². The number of hydrogen-bond acceptors (Lipinski definition) is 9. The maximum absolute atomic E-state index is 18.1. The van der Waals surface area contributed by atoms with Crippen LogP contribution in [0.5, 0.6) is 0 Å². The van der Waals surface area contributed by atoms with E-state index in [2.05, 4.69) is 10.4 Å². The lowest BCUT2D eigenvalue weighted by Gasteiger charge is -2.63. The Kier molecular flexibility index (Phi) is 8.82. The topological polar surface area (TPSA) is 163 Å². The molecule has 258 valence electrons. The van der Waals surface area contributed by atoms with E-state index < -0.39 is 75.6 Å². The number of hydrogen-bond donors (Lipinski definition) is 3. The van der Waals surface area contributed by atoms with E-state index in [4.69, 9.17) is 15.2 Å². The van der Waals surface area contributed by atoms with Gasteiger partial charge in [0.05, 0.1) is 30.2 Å². The van der Waals surface area contributed by atoms with Gasteiger partial charge in [0.25, 0.3) is 5.91 Å². The molecule has 2 amide bonds. The van der Waals surface area contributed by atoms with Crippen molar-refractivity contribution < 1.29 is 42.5 Å². The number of fused-ring (bicyclic) bond motifs is 6. The van der Waals surface area contributed by atoms with Gasteiger partial charge in [0.15, 0.2) is 5.60 Å². The molecule has 3 saturated carbocycles. The molecule has 4 N–H and O–H groups in total. The quantitative estimate of drug-likeness (QED) is 0.336. The highest BCUT2D eigenvalue weighted by atomic mass is 32.2. The van der Waals surface area contributed by atoms with Crippen LogP contribution >= 0.6 is 11.8 Å². The molecule has 6 rings (SSSR count). The van der Waals surface area contributed by atoms with Crippen LogP contribution in [0, 0.1) is 22.7 Å². The molecule has 0 bridgehead atoms. The van der Waals surface area contributed by atoms with Crippen molar-refractivity contribution in [2.75, 3.05) is 26.3 Å². The molecule has 1 aromatic heterocycles. The minimum atomic E-state index is -2.08. The zero-order chi connectivity index (χ0) is 34.6. The van der Waals surface area contributed by atoms with E-state index in [1.165, 1.54) is 7.11 Å². The van der Waals surface area contributed by atoms with Gasteiger partial charge >= 0.3 is 5.97 Å². The van der Waals surface area contributed by atoms with Crippen molar-refractivity contribution in [3.63, 3.8) is 0 Å². The molecule has 14 heteroatoms. The van der Waals surface area contributed by atoms with Gasteiger partial charge in [-0.15, -0.1) is 0 Å². The third-order valence-electron chi connectivity index (χ3n) is 11.5. The molecule has 0 unspecified atom stereocenters. The minimum absolute atomic E-state index is 0.102. The number of primary amides is 1. The van der Waals surface area contributed by atoms with E-state index in [0.29, 0.717) is 42.3 Å². The van der Waals surface area contributed by atoms with E-state index in [1.54, 1.807) is 42.1 Å². The first kappa shape index (κ1) is 34.3. The molecule has 3 fully saturated rings. The third kappa shape index (κ3) is 5.01. The van der Waals surface area contributed by atoms with Crippen molar-refractivity contribution in [1.82, 2.24) is 15.1 Å². The molecule has 4 aliphatic rings. The summed E-state index contributed by atoms with van der Waals surface area (Å²) in [5, 5.41) is 18.3. The highest BCUT2D eigenvalue weighted by Crippen LogP contribution is 2.71. The van der Waals surface area contributed by atoms with E-state index in [0.717, 1.165) is 16.8 Å². The summed E-state index contributed by atoms with van der Waals surface area (Å²) < 4.78 is 44.1. The number of thioether (sulfide) groups is 1. The van der Waals surface area contributed by atoms with Gasteiger partial charge in [-0.25, -0.2) is 18.3 Å². The maximum atomic E-state index is 18.1. The summed E-state index contributed by atoms with van der Waals surface area (Å²) in [6.07, 6.45) is 3.58. The fourth-order valence-electron chi connectivity index (χ4n) is 9.35. The largest absolute Gasteiger partial charge is 0.448 e. The predicted octanol–water partition coefficient (Wildman–Crippen LogP) is 3.45. The van der Waals surface area contributed by atoms with Crippen LogP contribution in [0.1, 0.15) is 67.6 Å². The fourth-order valence-corrected chi connectivity index (χ4v) is 10.1. The first-order valence-corrected chi connectivity index (χ1v) is 17.0. The van der Waals surface area contributed by atoms with E-state index in [-0.39, 0.29) is 25.8 Å². The van der Waals surface area contributed by atoms with Crippen molar-refractivity contribution in [3.8, 4) is 5.69 Å². The molecule has 0 radical (unpaired) electrons. The molecular weight excluding hydrogens is 646 g/mol. The number of halogens is 2. The number of benzene rings is 1. The van der Waals surface area contributed by atoms with Crippen LogP contribution < -0.4 is 11.1 Å². The molecule has 2 aromatic rings. The summed E-state index contributed by atoms with van der Waals surface area (Å²) >= 11 is 0.429.